The molecule has 0 radical (unpaired) electrons. The second-order valence-corrected chi connectivity index (χ2v) is 6.32. The first-order valence-electron chi connectivity index (χ1n) is 7.70. The summed E-state index contributed by atoms with van der Waals surface area (Å²) in [6, 6.07) is 7.60. The molecule has 23 heavy (non-hydrogen) atoms. The zero-order chi connectivity index (χ0) is 16.4. The molecule has 1 aliphatic heterocycles. The molecule has 1 aromatic carbocycles. The molecule has 120 valence electrons. The van der Waals surface area contributed by atoms with Crippen LogP contribution in [0.3, 0.4) is 0 Å². The molecular formula is C17H19ClN4O. The minimum Gasteiger partial charge on any atom is -0.385 e. The number of aliphatic hydroxyl groups excluding tert-OH is 1. The minimum absolute atomic E-state index is 0.167. The number of halogens is 1. The molecule has 2 aromatic rings. The molecule has 1 atom stereocenters. The fraction of sp³-hybridized carbons (Fsp3) is 0.412. The van der Waals surface area contributed by atoms with Gasteiger partial charge in [-0.05, 0) is 30.9 Å². The highest BCUT2D eigenvalue weighted by Gasteiger charge is 2.29. The Hall–Kier alpha value is -2.03. The molecule has 0 amide bonds. The van der Waals surface area contributed by atoms with Gasteiger partial charge in [-0.1, -0.05) is 17.7 Å². The van der Waals surface area contributed by atoms with Crippen LogP contribution in [-0.4, -0.2) is 27.7 Å². The Balaban J connectivity index is 1.72. The summed E-state index contributed by atoms with van der Waals surface area (Å²) in [6.45, 7) is 1.54. The topological polar surface area (TPSA) is 65.1 Å². The number of piperidine rings is 1. The highest BCUT2D eigenvalue weighted by Crippen LogP contribution is 2.35. The first-order chi connectivity index (χ1) is 11.1. The van der Waals surface area contributed by atoms with Crippen LogP contribution >= 0.6 is 11.6 Å². The van der Waals surface area contributed by atoms with E-state index >= 15 is 0 Å². The van der Waals surface area contributed by atoms with Crippen LogP contribution in [0.5, 0.6) is 0 Å². The summed E-state index contributed by atoms with van der Waals surface area (Å²) in [5.41, 5.74) is 1.40. The standard InChI is InChI=1S/C17H19ClN4O/c1-21-10-7-20-17(21)16(23)12-5-8-22(9-6-12)15-13(11-19)3-2-4-14(15)18/h2-4,7,10,12,16,23H,5-6,8-9H2,1H3. The lowest BCUT2D eigenvalue weighted by atomic mass is 9.90. The Morgan fingerprint density at radius 1 is 1.39 bits per heavy atom. The summed E-state index contributed by atoms with van der Waals surface area (Å²) in [5.74, 6) is 0.874. The molecule has 1 aliphatic rings. The van der Waals surface area contributed by atoms with Gasteiger partial charge in [-0.3, -0.25) is 0 Å². The first-order valence-corrected chi connectivity index (χ1v) is 8.08. The largest absolute Gasteiger partial charge is 0.385 e. The number of nitrogens with zero attached hydrogens (tertiary/aromatic N) is 4. The Morgan fingerprint density at radius 3 is 2.74 bits per heavy atom. The molecule has 1 N–H and O–H groups in total. The smallest absolute Gasteiger partial charge is 0.137 e. The molecule has 1 aromatic heterocycles. The van der Waals surface area contributed by atoms with Gasteiger partial charge in [0, 0.05) is 32.5 Å². The van der Waals surface area contributed by atoms with Gasteiger partial charge in [0.1, 0.15) is 18.0 Å². The van der Waals surface area contributed by atoms with E-state index in [1.165, 1.54) is 0 Å². The Kier molecular flexibility index (Phi) is 4.56. The fourth-order valence-electron chi connectivity index (χ4n) is 3.24. The number of aliphatic hydroxyl groups is 1. The quantitative estimate of drug-likeness (QED) is 0.939. The van der Waals surface area contributed by atoms with Gasteiger partial charge >= 0.3 is 0 Å². The predicted molar refractivity (Wildman–Crippen MR) is 89.3 cm³/mol. The third-order valence-electron chi connectivity index (χ3n) is 4.53. The lowest BCUT2D eigenvalue weighted by Crippen LogP contribution is -2.36. The number of nitriles is 1. The third kappa shape index (κ3) is 3.05. The average Bonchev–Trinajstić information content (AvgIpc) is 3.00. The van der Waals surface area contributed by atoms with Crippen LogP contribution < -0.4 is 4.90 Å². The molecule has 3 rings (SSSR count). The van der Waals surface area contributed by atoms with E-state index in [1.807, 2.05) is 23.9 Å². The number of imidazole rings is 1. The number of hydrogen-bond acceptors (Lipinski definition) is 4. The molecule has 1 fully saturated rings. The maximum Gasteiger partial charge on any atom is 0.137 e. The lowest BCUT2D eigenvalue weighted by Gasteiger charge is -2.36. The van der Waals surface area contributed by atoms with Crippen LogP contribution in [0.2, 0.25) is 5.02 Å². The molecule has 0 saturated carbocycles. The van der Waals surface area contributed by atoms with Crippen molar-refractivity contribution in [1.29, 1.82) is 5.26 Å². The number of para-hydroxylation sites is 1. The normalized spacial score (nSPS) is 17.0. The van der Waals surface area contributed by atoms with Gasteiger partial charge in [-0.2, -0.15) is 5.26 Å². The van der Waals surface area contributed by atoms with Crippen LogP contribution in [0.4, 0.5) is 5.69 Å². The van der Waals surface area contributed by atoms with Crippen LogP contribution in [0.1, 0.15) is 30.3 Å². The number of rotatable bonds is 3. The van der Waals surface area contributed by atoms with Crippen molar-refractivity contribution in [2.75, 3.05) is 18.0 Å². The number of aromatic nitrogens is 2. The Bertz CT molecular complexity index is 728. The fourth-order valence-corrected chi connectivity index (χ4v) is 3.53. The molecule has 1 saturated heterocycles. The van der Waals surface area contributed by atoms with Crippen LogP contribution in [0.15, 0.2) is 30.6 Å². The van der Waals surface area contributed by atoms with E-state index in [9.17, 15) is 10.4 Å². The van der Waals surface area contributed by atoms with Gasteiger partial charge in [-0.15, -0.1) is 0 Å². The van der Waals surface area contributed by atoms with Gasteiger partial charge in [0.25, 0.3) is 0 Å². The maximum absolute atomic E-state index is 10.5. The van der Waals surface area contributed by atoms with Gasteiger partial charge in [0.15, 0.2) is 0 Å². The molecule has 0 aliphatic carbocycles. The Morgan fingerprint density at radius 2 is 2.13 bits per heavy atom. The summed E-state index contributed by atoms with van der Waals surface area (Å²) >= 11 is 6.29. The van der Waals surface area contributed by atoms with Crippen LogP contribution in [0.25, 0.3) is 0 Å². The molecule has 2 heterocycles. The molecule has 6 heteroatoms. The van der Waals surface area contributed by atoms with E-state index in [4.69, 9.17) is 11.6 Å². The number of anilines is 1. The van der Waals surface area contributed by atoms with Gasteiger partial charge < -0.3 is 14.6 Å². The molecule has 1 unspecified atom stereocenters. The summed E-state index contributed by atoms with van der Waals surface area (Å²) in [5, 5.41) is 20.4. The van der Waals surface area contributed by atoms with E-state index in [0.717, 1.165) is 31.6 Å². The molecule has 0 spiro atoms. The van der Waals surface area contributed by atoms with Crippen LogP contribution in [-0.2, 0) is 7.05 Å². The van der Waals surface area contributed by atoms with E-state index < -0.39 is 6.10 Å². The van der Waals surface area contributed by atoms with Crippen LogP contribution in [0, 0.1) is 17.2 Å². The van der Waals surface area contributed by atoms with Crippen molar-refractivity contribution >= 4 is 17.3 Å². The first kappa shape index (κ1) is 15.9. The van der Waals surface area contributed by atoms with Crippen molar-refractivity contribution in [3.05, 3.63) is 47.0 Å². The van der Waals surface area contributed by atoms with Gasteiger partial charge in [0.2, 0.25) is 0 Å². The van der Waals surface area contributed by atoms with E-state index in [1.54, 1.807) is 18.3 Å². The highest BCUT2D eigenvalue weighted by atomic mass is 35.5. The Labute approximate surface area is 140 Å². The monoisotopic (exact) mass is 330 g/mol. The zero-order valence-electron chi connectivity index (χ0n) is 13.0. The maximum atomic E-state index is 10.5. The number of benzene rings is 1. The average molecular weight is 331 g/mol. The summed E-state index contributed by atoms with van der Waals surface area (Å²) < 4.78 is 1.86. The summed E-state index contributed by atoms with van der Waals surface area (Å²) in [7, 11) is 1.89. The molecular weight excluding hydrogens is 312 g/mol. The third-order valence-corrected chi connectivity index (χ3v) is 4.84. The van der Waals surface area contributed by atoms with Crippen molar-refractivity contribution in [1.82, 2.24) is 9.55 Å². The zero-order valence-corrected chi connectivity index (χ0v) is 13.7. The van der Waals surface area contributed by atoms with Crippen molar-refractivity contribution in [2.24, 2.45) is 13.0 Å². The van der Waals surface area contributed by atoms with Gasteiger partial charge in [-0.25, -0.2) is 4.98 Å². The highest BCUT2D eigenvalue weighted by molar-refractivity contribution is 6.33. The minimum atomic E-state index is -0.557. The van der Waals surface area contributed by atoms with Crippen molar-refractivity contribution in [3.8, 4) is 6.07 Å². The van der Waals surface area contributed by atoms with Crippen molar-refractivity contribution in [3.63, 3.8) is 0 Å². The lowest BCUT2D eigenvalue weighted by molar-refractivity contribution is 0.0825. The second kappa shape index (κ2) is 6.61. The molecule has 5 nitrogen and oxygen atoms in total. The summed E-state index contributed by atoms with van der Waals surface area (Å²) in [6.07, 6.45) is 4.67. The SMILES string of the molecule is Cn1ccnc1C(O)C1CCN(c2c(Cl)cccc2C#N)CC1. The number of aryl methyl sites for hydroxylation is 1. The van der Waals surface area contributed by atoms with Crippen molar-refractivity contribution < 1.29 is 5.11 Å². The predicted octanol–water partition coefficient (Wildman–Crippen LogP) is 2.90. The van der Waals surface area contributed by atoms with Gasteiger partial charge in [0.05, 0.1) is 16.3 Å². The van der Waals surface area contributed by atoms with E-state index in [0.29, 0.717) is 16.4 Å². The van der Waals surface area contributed by atoms with E-state index in [2.05, 4.69) is 16.0 Å². The van der Waals surface area contributed by atoms with Crippen molar-refractivity contribution in [2.45, 2.75) is 18.9 Å². The molecule has 0 bridgehead atoms. The summed E-state index contributed by atoms with van der Waals surface area (Å²) in [4.78, 5) is 6.39. The van der Waals surface area contributed by atoms with E-state index in [-0.39, 0.29) is 5.92 Å². The second-order valence-electron chi connectivity index (χ2n) is 5.91. The number of hydrogen-bond donors (Lipinski definition) is 1.